The summed E-state index contributed by atoms with van der Waals surface area (Å²) < 4.78 is 13.7. The van der Waals surface area contributed by atoms with Crippen molar-refractivity contribution in [2.45, 2.75) is 17.1 Å². The van der Waals surface area contributed by atoms with E-state index in [0.717, 1.165) is 4.90 Å². The molecule has 0 aliphatic heterocycles. The highest BCUT2D eigenvalue weighted by Gasteiger charge is 2.17. The van der Waals surface area contributed by atoms with E-state index in [9.17, 15) is 9.18 Å². The highest BCUT2D eigenvalue weighted by molar-refractivity contribution is 8.00. The van der Waals surface area contributed by atoms with E-state index in [2.05, 4.69) is 5.32 Å². The molecule has 0 radical (unpaired) electrons. The Morgan fingerprint density at radius 1 is 1.19 bits per heavy atom. The lowest BCUT2D eigenvalue weighted by molar-refractivity contribution is -0.115. The number of benzene rings is 2. The number of amides is 1. The average Bonchev–Trinajstić information content (AvgIpc) is 2.46. The molecule has 0 saturated heterocycles. The molecule has 0 heterocycles. The van der Waals surface area contributed by atoms with Gasteiger partial charge in [0.1, 0.15) is 0 Å². The van der Waals surface area contributed by atoms with Gasteiger partial charge < -0.3 is 5.32 Å². The van der Waals surface area contributed by atoms with Crippen molar-refractivity contribution in [2.24, 2.45) is 0 Å². The van der Waals surface area contributed by atoms with Crippen LogP contribution in [0.15, 0.2) is 47.4 Å². The number of hydrogen-bond acceptors (Lipinski definition) is 2. The zero-order chi connectivity index (χ0) is 15.4. The molecule has 0 spiro atoms. The first-order valence-corrected chi connectivity index (χ1v) is 7.78. The van der Waals surface area contributed by atoms with E-state index >= 15 is 0 Å². The Balaban J connectivity index is 2.02. The third-order valence-electron chi connectivity index (χ3n) is 2.71. The van der Waals surface area contributed by atoms with Gasteiger partial charge in [-0.3, -0.25) is 4.79 Å². The molecule has 21 heavy (non-hydrogen) atoms. The fraction of sp³-hybridized carbons (Fsp3) is 0.133. The van der Waals surface area contributed by atoms with E-state index in [0.29, 0.717) is 5.02 Å². The molecule has 2 aromatic carbocycles. The lowest BCUT2D eigenvalue weighted by Crippen LogP contribution is -2.22. The number of anilines is 1. The van der Waals surface area contributed by atoms with E-state index in [1.165, 1.54) is 23.9 Å². The fourth-order valence-electron chi connectivity index (χ4n) is 1.61. The van der Waals surface area contributed by atoms with Crippen molar-refractivity contribution < 1.29 is 9.18 Å². The van der Waals surface area contributed by atoms with Gasteiger partial charge in [0, 0.05) is 9.92 Å². The van der Waals surface area contributed by atoms with E-state index in [4.69, 9.17) is 23.2 Å². The van der Waals surface area contributed by atoms with Crippen LogP contribution in [0.4, 0.5) is 10.1 Å². The Morgan fingerprint density at radius 3 is 2.52 bits per heavy atom. The molecule has 110 valence electrons. The van der Waals surface area contributed by atoms with Crippen LogP contribution in [-0.2, 0) is 4.79 Å². The Hall–Kier alpha value is -1.23. The van der Waals surface area contributed by atoms with Crippen LogP contribution in [-0.4, -0.2) is 11.2 Å². The third-order valence-corrected chi connectivity index (χ3v) is 4.36. The lowest BCUT2D eigenvalue weighted by atomic mass is 10.3. The molecule has 0 aliphatic carbocycles. The zero-order valence-corrected chi connectivity index (χ0v) is 13.4. The predicted molar refractivity (Wildman–Crippen MR) is 86.8 cm³/mol. The van der Waals surface area contributed by atoms with Gasteiger partial charge in [-0.1, -0.05) is 29.3 Å². The molecule has 0 bridgehead atoms. The van der Waals surface area contributed by atoms with E-state index in [1.54, 1.807) is 25.1 Å². The summed E-state index contributed by atoms with van der Waals surface area (Å²) in [4.78, 5) is 13.0. The minimum atomic E-state index is -0.629. The summed E-state index contributed by atoms with van der Waals surface area (Å²) in [5.74, 6) is -0.924. The molecular weight excluding hydrogens is 332 g/mol. The SMILES string of the molecule is CC(Sc1ccc(Cl)cc1)C(=O)Nc1cccc(Cl)c1F. The highest BCUT2D eigenvalue weighted by atomic mass is 35.5. The van der Waals surface area contributed by atoms with Gasteiger partial charge in [-0.05, 0) is 43.3 Å². The van der Waals surface area contributed by atoms with E-state index in [1.807, 2.05) is 12.1 Å². The summed E-state index contributed by atoms with van der Waals surface area (Å²) in [7, 11) is 0. The minimum absolute atomic E-state index is 0.0224. The van der Waals surface area contributed by atoms with Crippen molar-refractivity contribution >= 4 is 46.6 Å². The number of thioether (sulfide) groups is 1. The topological polar surface area (TPSA) is 29.1 Å². The van der Waals surface area contributed by atoms with Gasteiger partial charge in [-0.15, -0.1) is 11.8 Å². The number of hydrogen-bond donors (Lipinski definition) is 1. The molecule has 0 fully saturated rings. The maximum absolute atomic E-state index is 13.7. The minimum Gasteiger partial charge on any atom is -0.323 e. The van der Waals surface area contributed by atoms with Crippen molar-refractivity contribution in [3.05, 3.63) is 58.3 Å². The average molecular weight is 344 g/mol. The van der Waals surface area contributed by atoms with Gasteiger partial charge in [-0.25, -0.2) is 4.39 Å². The molecule has 2 nitrogen and oxygen atoms in total. The van der Waals surface area contributed by atoms with Gasteiger partial charge in [0.25, 0.3) is 0 Å². The fourth-order valence-corrected chi connectivity index (χ4v) is 2.77. The van der Waals surface area contributed by atoms with Gasteiger partial charge in [-0.2, -0.15) is 0 Å². The molecule has 0 aromatic heterocycles. The van der Waals surface area contributed by atoms with Crippen LogP contribution >= 0.6 is 35.0 Å². The van der Waals surface area contributed by atoms with Crippen LogP contribution in [0.2, 0.25) is 10.0 Å². The third kappa shape index (κ3) is 4.37. The molecule has 1 atom stereocenters. The maximum atomic E-state index is 13.7. The molecule has 6 heteroatoms. The van der Waals surface area contributed by atoms with Crippen LogP contribution in [0, 0.1) is 5.82 Å². The summed E-state index contributed by atoms with van der Waals surface area (Å²) in [6.07, 6.45) is 0. The second-order valence-electron chi connectivity index (χ2n) is 4.30. The van der Waals surface area contributed by atoms with E-state index in [-0.39, 0.29) is 21.9 Å². The Morgan fingerprint density at radius 2 is 1.86 bits per heavy atom. The van der Waals surface area contributed by atoms with Crippen molar-refractivity contribution in [2.75, 3.05) is 5.32 Å². The van der Waals surface area contributed by atoms with Crippen molar-refractivity contribution in [1.82, 2.24) is 0 Å². The predicted octanol–water partition coefficient (Wildman–Crippen LogP) is 5.25. The van der Waals surface area contributed by atoms with Gasteiger partial charge in [0.2, 0.25) is 5.91 Å². The molecule has 2 rings (SSSR count). The summed E-state index contributed by atoms with van der Waals surface area (Å²) in [6, 6.07) is 11.7. The Bertz CT molecular complexity index is 649. The first-order chi connectivity index (χ1) is 9.97. The first kappa shape index (κ1) is 16.1. The lowest BCUT2D eigenvalue weighted by Gasteiger charge is -2.13. The van der Waals surface area contributed by atoms with Crippen LogP contribution in [0.25, 0.3) is 0 Å². The standard InChI is InChI=1S/C15H12Cl2FNOS/c1-9(21-11-7-5-10(16)6-8-11)15(20)19-13-4-2-3-12(17)14(13)18/h2-9H,1H3,(H,19,20). The highest BCUT2D eigenvalue weighted by Crippen LogP contribution is 2.27. The van der Waals surface area contributed by atoms with Crippen LogP contribution in [0.3, 0.4) is 0 Å². The quantitative estimate of drug-likeness (QED) is 0.768. The van der Waals surface area contributed by atoms with Gasteiger partial charge >= 0.3 is 0 Å². The largest absolute Gasteiger partial charge is 0.323 e. The number of nitrogens with one attached hydrogen (secondary N) is 1. The van der Waals surface area contributed by atoms with Gasteiger partial charge in [0.15, 0.2) is 5.82 Å². The van der Waals surface area contributed by atoms with Crippen molar-refractivity contribution in [1.29, 1.82) is 0 Å². The van der Waals surface area contributed by atoms with Crippen LogP contribution in [0.5, 0.6) is 0 Å². The molecule has 1 amide bonds. The van der Waals surface area contributed by atoms with E-state index < -0.39 is 5.82 Å². The molecule has 0 aliphatic rings. The molecule has 1 N–H and O–H groups in total. The Kier molecular flexibility index (Phi) is 5.51. The molecule has 0 saturated carbocycles. The summed E-state index contributed by atoms with van der Waals surface area (Å²) >= 11 is 12.8. The maximum Gasteiger partial charge on any atom is 0.237 e. The number of carbonyl (C=O) groups is 1. The second-order valence-corrected chi connectivity index (χ2v) is 6.56. The Labute approximate surface area is 136 Å². The number of carbonyl (C=O) groups excluding carboxylic acids is 1. The zero-order valence-electron chi connectivity index (χ0n) is 11.1. The summed E-state index contributed by atoms with van der Waals surface area (Å²) in [5, 5.41) is 2.77. The van der Waals surface area contributed by atoms with Crippen molar-refractivity contribution in [3.63, 3.8) is 0 Å². The van der Waals surface area contributed by atoms with Gasteiger partial charge in [0.05, 0.1) is 16.0 Å². The molecule has 1 unspecified atom stereocenters. The summed E-state index contributed by atoms with van der Waals surface area (Å²) in [5.41, 5.74) is 0.0797. The van der Waals surface area contributed by atoms with Crippen LogP contribution < -0.4 is 5.32 Å². The molecular formula is C15H12Cl2FNOS. The van der Waals surface area contributed by atoms with Crippen LogP contribution in [0.1, 0.15) is 6.92 Å². The second kappa shape index (κ2) is 7.16. The smallest absolute Gasteiger partial charge is 0.237 e. The molecule has 2 aromatic rings. The summed E-state index contributed by atoms with van der Waals surface area (Å²) in [6.45, 7) is 1.75. The number of rotatable bonds is 4. The first-order valence-electron chi connectivity index (χ1n) is 6.14. The number of halogens is 3. The monoisotopic (exact) mass is 343 g/mol. The van der Waals surface area contributed by atoms with Crippen molar-refractivity contribution in [3.8, 4) is 0 Å². The normalized spacial score (nSPS) is 12.0.